The minimum absolute atomic E-state index is 0.150. The highest BCUT2D eigenvalue weighted by Crippen LogP contribution is 2.38. The maximum absolute atomic E-state index is 15.6. The monoisotopic (exact) mass is 862 g/mol. The number of halogens is 2. The number of pyridine rings is 1. The van der Waals surface area contributed by atoms with E-state index in [1.807, 2.05) is 102 Å². The van der Waals surface area contributed by atoms with Crippen LogP contribution >= 0.6 is 11.6 Å². The maximum Gasteiger partial charge on any atom is 0.410 e. The summed E-state index contributed by atoms with van der Waals surface area (Å²) < 4.78 is 33.7. The van der Waals surface area contributed by atoms with Crippen LogP contribution in [0.4, 0.5) is 20.8 Å². The van der Waals surface area contributed by atoms with E-state index in [9.17, 15) is 4.79 Å². The zero-order valence-electron chi connectivity index (χ0n) is 36.5. The fourth-order valence-corrected chi connectivity index (χ4v) is 7.98. The molecule has 3 aromatic carbocycles. The van der Waals surface area contributed by atoms with E-state index >= 15 is 9.18 Å². The summed E-state index contributed by atoms with van der Waals surface area (Å²) >= 11 is 7.05. The van der Waals surface area contributed by atoms with Crippen LogP contribution in [0.1, 0.15) is 71.2 Å². The topological polar surface area (TPSA) is 128 Å². The first-order chi connectivity index (χ1) is 29.6. The lowest BCUT2D eigenvalue weighted by atomic mass is 10.1. The fraction of sp³-hybridized carbons (Fsp3) is 0.362. The van der Waals surface area contributed by atoms with Crippen LogP contribution in [0.3, 0.4) is 0 Å². The zero-order chi connectivity index (χ0) is 44.5. The van der Waals surface area contributed by atoms with Crippen LogP contribution in [-0.4, -0.2) is 80.5 Å². The average Bonchev–Trinajstić information content (AvgIpc) is 3.24. The molecule has 0 aliphatic carbocycles. The summed E-state index contributed by atoms with van der Waals surface area (Å²) in [6.45, 7) is 14.8. The number of piperazine rings is 1. The molecule has 0 spiro atoms. The Kier molecular flexibility index (Phi) is 12.7. The molecule has 1 saturated heterocycles. The summed E-state index contributed by atoms with van der Waals surface area (Å²) in [6.07, 6.45) is 1.08. The molecule has 0 N–H and O–H groups in total. The second-order valence-electron chi connectivity index (χ2n) is 16.8. The Balaban J connectivity index is 1.47. The highest BCUT2D eigenvalue weighted by molar-refractivity contribution is 6.33. The quantitative estimate of drug-likeness (QED) is 0.124. The largest absolute Gasteiger partial charge is 0.497 e. The summed E-state index contributed by atoms with van der Waals surface area (Å²) in [5, 5.41) is 0.610. The molecule has 1 aliphatic rings. The second-order valence-corrected chi connectivity index (χ2v) is 17.3. The molecule has 324 valence electrons. The molecular formula is C47H52ClFN8O5. The number of hydrogen-bond donors (Lipinski definition) is 0. The van der Waals surface area contributed by atoms with Gasteiger partial charge in [-0.15, -0.1) is 0 Å². The summed E-state index contributed by atoms with van der Waals surface area (Å²) in [5.41, 5.74) is 2.04. The molecule has 1 amide bonds. The number of nitrogens with zero attached hydrogens (tertiary/aromatic N) is 8. The standard InChI is InChI=1S/C47H52ClFN8O5/c1-28(2)39-41(44(51-27-50-39)54(25-31-14-18-33(60-8)19-15-31)26-32-16-20-34(61-9)21-17-32)57-43-36(22-37(48)40(52-43)35-12-10-11-13-38(35)49)42(53-45(57)58)55-23-30(4)56(24-29(55)3)46(59)62-47(5,6)7/h10-22,27-30H,23-26H2,1-9H3/t29-,30+/m0/s1. The SMILES string of the molecule is COc1ccc(CN(Cc2ccc(OC)cc2)c2ncnc(C(C)C)c2-n2c(=O)nc(N3C[C@@H](C)N(C(=O)OC(C)(C)C)C[C@@H]3C)c3cc(Cl)c(-c4ccccc4F)nc32)cc1. The van der Waals surface area contributed by atoms with Gasteiger partial charge in [0.05, 0.1) is 36.0 Å². The molecule has 0 radical (unpaired) electrons. The normalized spacial score (nSPS) is 15.5. The summed E-state index contributed by atoms with van der Waals surface area (Å²) in [5.74, 6) is 1.49. The van der Waals surface area contributed by atoms with Crippen molar-refractivity contribution in [3.8, 4) is 28.4 Å². The molecule has 1 aliphatic heterocycles. The van der Waals surface area contributed by atoms with Gasteiger partial charge in [0.1, 0.15) is 40.7 Å². The van der Waals surface area contributed by atoms with Gasteiger partial charge in [0, 0.05) is 43.8 Å². The van der Waals surface area contributed by atoms with Crippen LogP contribution < -0.4 is 25.0 Å². The number of methoxy groups -OCH3 is 2. The highest BCUT2D eigenvalue weighted by atomic mass is 35.5. The number of carbonyl (C=O) groups is 1. The predicted molar refractivity (Wildman–Crippen MR) is 240 cm³/mol. The summed E-state index contributed by atoms with van der Waals surface area (Å²) in [4.78, 5) is 53.7. The maximum atomic E-state index is 15.6. The van der Waals surface area contributed by atoms with Crippen molar-refractivity contribution < 1.29 is 23.4 Å². The van der Waals surface area contributed by atoms with Crippen LogP contribution in [0.5, 0.6) is 11.5 Å². The van der Waals surface area contributed by atoms with Gasteiger partial charge in [-0.1, -0.05) is 61.8 Å². The Morgan fingerprint density at radius 1 is 0.887 bits per heavy atom. The van der Waals surface area contributed by atoms with E-state index in [1.54, 1.807) is 43.4 Å². The lowest BCUT2D eigenvalue weighted by molar-refractivity contribution is 0.0130. The number of hydrogen-bond acceptors (Lipinski definition) is 11. The molecule has 4 heterocycles. The summed E-state index contributed by atoms with van der Waals surface area (Å²) in [6, 6.07) is 22.8. The van der Waals surface area contributed by atoms with Crippen LogP contribution in [0, 0.1) is 5.82 Å². The van der Waals surface area contributed by atoms with Gasteiger partial charge >= 0.3 is 11.8 Å². The van der Waals surface area contributed by atoms with E-state index in [4.69, 9.17) is 45.7 Å². The molecule has 1 fully saturated rings. The lowest BCUT2D eigenvalue weighted by Gasteiger charge is -2.44. The molecule has 62 heavy (non-hydrogen) atoms. The van der Waals surface area contributed by atoms with Gasteiger partial charge < -0.3 is 28.9 Å². The number of fused-ring (bicyclic) bond motifs is 1. The van der Waals surface area contributed by atoms with Crippen molar-refractivity contribution in [2.24, 2.45) is 0 Å². The predicted octanol–water partition coefficient (Wildman–Crippen LogP) is 9.21. The summed E-state index contributed by atoms with van der Waals surface area (Å²) in [7, 11) is 3.24. The fourth-order valence-electron chi connectivity index (χ4n) is 7.72. The average molecular weight is 863 g/mol. The van der Waals surface area contributed by atoms with Crippen molar-refractivity contribution in [3.05, 3.63) is 123 Å². The van der Waals surface area contributed by atoms with Crippen molar-refractivity contribution >= 4 is 40.4 Å². The molecule has 2 atom stereocenters. The van der Waals surface area contributed by atoms with E-state index in [0.29, 0.717) is 54.6 Å². The van der Waals surface area contributed by atoms with Gasteiger partial charge in [0.25, 0.3) is 0 Å². The molecule has 3 aromatic heterocycles. The molecule has 7 rings (SSSR count). The molecule has 13 nitrogen and oxygen atoms in total. The number of aromatic nitrogens is 5. The van der Waals surface area contributed by atoms with Gasteiger partial charge in [-0.3, -0.25) is 0 Å². The zero-order valence-corrected chi connectivity index (χ0v) is 37.3. The lowest BCUT2D eigenvalue weighted by Crippen LogP contribution is -2.59. The smallest absolute Gasteiger partial charge is 0.410 e. The Morgan fingerprint density at radius 2 is 1.50 bits per heavy atom. The van der Waals surface area contributed by atoms with Crippen molar-refractivity contribution in [3.63, 3.8) is 0 Å². The van der Waals surface area contributed by atoms with Gasteiger partial charge in [0.15, 0.2) is 11.5 Å². The first kappa shape index (κ1) is 43.8. The van der Waals surface area contributed by atoms with E-state index in [0.717, 1.165) is 22.6 Å². The van der Waals surface area contributed by atoms with E-state index in [-0.39, 0.29) is 39.9 Å². The van der Waals surface area contributed by atoms with Gasteiger partial charge in [0.2, 0.25) is 0 Å². The van der Waals surface area contributed by atoms with E-state index in [2.05, 4.69) is 4.90 Å². The Hall–Kier alpha value is -6.28. The van der Waals surface area contributed by atoms with E-state index < -0.39 is 23.2 Å². The molecule has 0 unspecified atom stereocenters. The van der Waals surface area contributed by atoms with Crippen molar-refractivity contribution in [1.29, 1.82) is 0 Å². The van der Waals surface area contributed by atoms with Gasteiger partial charge in [-0.05, 0) is 94.1 Å². The minimum Gasteiger partial charge on any atom is -0.497 e. The number of amides is 1. The van der Waals surface area contributed by atoms with E-state index in [1.165, 1.54) is 17.0 Å². The number of ether oxygens (including phenoxy) is 3. The van der Waals surface area contributed by atoms with Crippen molar-refractivity contribution in [2.45, 2.75) is 85.2 Å². The molecule has 0 saturated carbocycles. The van der Waals surface area contributed by atoms with Gasteiger partial charge in [-0.25, -0.2) is 33.5 Å². The number of benzene rings is 3. The third-order valence-corrected chi connectivity index (χ3v) is 11.1. The Labute approximate surface area is 366 Å². The van der Waals surface area contributed by atoms with Gasteiger partial charge in [-0.2, -0.15) is 4.98 Å². The highest BCUT2D eigenvalue weighted by Gasteiger charge is 2.37. The van der Waals surface area contributed by atoms with Crippen LogP contribution in [0.15, 0.2) is 90.0 Å². The first-order valence-electron chi connectivity index (χ1n) is 20.6. The second kappa shape index (κ2) is 18.0. The number of rotatable bonds is 11. The first-order valence-corrected chi connectivity index (χ1v) is 20.9. The molecular weight excluding hydrogens is 811 g/mol. The number of anilines is 2. The molecule has 0 bridgehead atoms. The Bertz CT molecular complexity index is 2590. The van der Waals surface area contributed by atoms with Crippen LogP contribution in [0.2, 0.25) is 5.02 Å². The molecule has 6 aromatic rings. The third kappa shape index (κ3) is 9.15. The third-order valence-electron chi connectivity index (χ3n) is 10.8. The van der Waals surface area contributed by atoms with Crippen molar-refractivity contribution in [1.82, 2.24) is 29.4 Å². The minimum atomic E-state index is -0.675. The molecule has 15 heteroatoms. The van der Waals surface area contributed by atoms with Crippen molar-refractivity contribution in [2.75, 3.05) is 37.1 Å². The van der Waals surface area contributed by atoms with Crippen LogP contribution in [0.25, 0.3) is 28.0 Å². The van der Waals surface area contributed by atoms with Crippen LogP contribution in [-0.2, 0) is 17.8 Å². The number of carbonyl (C=O) groups excluding carboxylic acids is 1. The Morgan fingerprint density at radius 3 is 2.06 bits per heavy atom.